The minimum Gasteiger partial charge on any atom is -0.493 e. The molecule has 23 heavy (non-hydrogen) atoms. The number of carbonyl (C=O) groups is 2. The van der Waals surface area contributed by atoms with Crippen LogP contribution in [0.15, 0.2) is 18.2 Å². The van der Waals surface area contributed by atoms with Crippen molar-refractivity contribution in [3.63, 3.8) is 0 Å². The first-order valence-corrected chi connectivity index (χ1v) is 7.26. The van der Waals surface area contributed by atoms with Gasteiger partial charge in [0.1, 0.15) is 6.04 Å². The topological polar surface area (TPSA) is 94.1 Å². The number of ether oxygens (including phenoxy) is 3. The van der Waals surface area contributed by atoms with Crippen LogP contribution in [-0.4, -0.2) is 43.9 Å². The fourth-order valence-corrected chi connectivity index (χ4v) is 1.96. The van der Waals surface area contributed by atoms with Gasteiger partial charge in [-0.15, -0.1) is 0 Å². The van der Waals surface area contributed by atoms with Crippen LogP contribution in [0.1, 0.15) is 20.3 Å². The van der Waals surface area contributed by atoms with E-state index in [1.54, 1.807) is 32.0 Å². The molecule has 1 aromatic carbocycles. The summed E-state index contributed by atoms with van der Waals surface area (Å²) in [7, 11) is 3.02. The van der Waals surface area contributed by atoms with Crippen molar-refractivity contribution in [1.29, 1.82) is 0 Å². The van der Waals surface area contributed by atoms with Gasteiger partial charge in [-0.3, -0.25) is 4.79 Å². The standard InChI is InChI=1S/C16H23NO6/c1-10(2)14(16(19)20)17-13(18)8-9-23-15-11(21-3)6-5-7-12(15)22-4/h5-7,10,14H,8-9H2,1-4H3,(H,17,18)(H,19,20). The van der Waals surface area contributed by atoms with Gasteiger partial charge in [0, 0.05) is 0 Å². The lowest BCUT2D eigenvalue weighted by atomic mass is 10.0. The Kier molecular flexibility index (Phi) is 7.18. The third-order valence-corrected chi connectivity index (χ3v) is 3.21. The van der Waals surface area contributed by atoms with Crippen LogP contribution in [-0.2, 0) is 9.59 Å². The molecular formula is C16H23NO6. The fourth-order valence-electron chi connectivity index (χ4n) is 1.96. The van der Waals surface area contributed by atoms with Gasteiger partial charge in [0.15, 0.2) is 11.5 Å². The Morgan fingerprint density at radius 3 is 2.17 bits per heavy atom. The second-order valence-electron chi connectivity index (χ2n) is 5.22. The zero-order valence-corrected chi connectivity index (χ0v) is 13.8. The maximum Gasteiger partial charge on any atom is 0.326 e. The quantitative estimate of drug-likeness (QED) is 0.718. The van der Waals surface area contributed by atoms with E-state index in [9.17, 15) is 9.59 Å². The van der Waals surface area contributed by atoms with Gasteiger partial charge < -0.3 is 24.6 Å². The summed E-state index contributed by atoms with van der Waals surface area (Å²) in [5.74, 6) is -0.248. The predicted molar refractivity (Wildman–Crippen MR) is 84.1 cm³/mol. The van der Waals surface area contributed by atoms with E-state index in [4.69, 9.17) is 19.3 Å². The van der Waals surface area contributed by atoms with Crippen molar-refractivity contribution in [1.82, 2.24) is 5.32 Å². The normalized spacial score (nSPS) is 11.7. The van der Waals surface area contributed by atoms with Gasteiger partial charge in [0.05, 0.1) is 27.2 Å². The smallest absolute Gasteiger partial charge is 0.326 e. The molecule has 2 N–H and O–H groups in total. The summed E-state index contributed by atoms with van der Waals surface area (Å²) in [6, 6.07) is 4.29. The molecule has 0 aromatic heterocycles. The van der Waals surface area contributed by atoms with Crippen LogP contribution in [0.4, 0.5) is 0 Å². The molecule has 0 spiro atoms. The number of nitrogens with one attached hydrogen (secondary N) is 1. The van der Waals surface area contributed by atoms with E-state index < -0.39 is 12.0 Å². The van der Waals surface area contributed by atoms with Gasteiger partial charge in [0.2, 0.25) is 11.7 Å². The van der Waals surface area contributed by atoms with Crippen molar-refractivity contribution in [2.75, 3.05) is 20.8 Å². The van der Waals surface area contributed by atoms with Crippen LogP contribution in [0.2, 0.25) is 0 Å². The molecule has 0 aliphatic rings. The number of carboxylic acid groups (broad SMARTS) is 1. The molecule has 0 fully saturated rings. The molecule has 0 aliphatic carbocycles. The number of para-hydroxylation sites is 1. The number of carbonyl (C=O) groups excluding carboxylic acids is 1. The number of carboxylic acids is 1. The fraction of sp³-hybridized carbons (Fsp3) is 0.500. The molecular weight excluding hydrogens is 302 g/mol. The minimum absolute atomic E-state index is 0.0255. The molecule has 0 saturated carbocycles. The van der Waals surface area contributed by atoms with Crippen molar-refractivity contribution in [3.8, 4) is 17.2 Å². The predicted octanol–water partition coefficient (Wildman–Crippen LogP) is 1.70. The molecule has 128 valence electrons. The first kappa shape index (κ1) is 18.6. The molecule has 0 heterocycles. The molecule has 0 aliphatic heterocycles. The first-order valence-electron chi connectivity index (χ1n) is 7.26. The lowest BCUT2D eigenvalue weighted by Gasteiger charge is -2.18. The van der Waals surface area contributed by atoms with Crippen molar-refractivity contribution < 1.29 is 28.9 Å². The maximum atomic E-state index is 11.8. The van der Waals surface area contributed by atoms with E-state index in [-0.39, 0.29) is 24.9 Å². The summed E-state index contributed by atoms with van der Waals surface area (Å²) < 4.78 is 15.9. The lowest BCUT2D eigenvalue weighted by Crippen LogP contribution is -2.44. The van der Waals surface area contributed by atoms with Crippen LogP contribution >= 0.6 is 0 Å². The number of methoxy groups -OCH3 is 2. The molecule has 1 aromatic rings. The van der Waals surface area contributed by atoms with Gasteiger partial charge in [0.25, 0.3) is 0 Å². The van der Waals surface area contributed by atoms with Gasteiger partial charge in [-0.05, 0) is 18.1 Å². The van der Waals surface area contributed by atoms with E-state index in [1.807, 2.05) is 0 Å². The highest BCUT2D eigenvalue weighted by atomic mass is 16.5. The summed E-state index contributed by atoms with van der Waals surface area (Å²) in [6.07, 6.45) is 0.0255. The molecule has 0 bridgehead atoms. The van der Waals surface area contributed by atoms with Crippen molar-refractivity contribution in [3.05, 3.63) is 18.2 Å². The summed E-state index contributed by atoms with van der Waals surface area (Å²) in [6.45, 7) is 3.54. The zero-order valence-electron chi connectivity index (χ0n) is 13.8. The number of rotatable bonds is 9. The van der Waals surface area contributed by atoms with E-state index in [0.717, 1.165) is 0 Å². The molecule has 1 atom stereocenters. The molecule has 7 heteroatoms. The second kappa shape index (κ2) is 8.87. The Balaban J connectivity index is 2.60. The SMILES string of the molecule is COc1cccc(OC)c1OCCC(=O)NC(C(=O)O)C(C)C. The highest BCUT2D eigenvalue weighted by molar-refractivity contribution is 5.83. The summed E-state index contributed by atoms with van der Waals surface area (Å²) >= 11 is 0. The zero-order chi connectivity index (χ0) is 17.4. The molecule has 0 radical (unpaired) electrons. The monoisotopic (exact) mass is 325 g/mol. The number of benzene rings is 1. The average molecular weight is 325 g/mol. The van der Waals surface area contributed by atoms with E-state index in [1.165, 1.54) is 14.2 Å². The van der Waals surface area contributed by atoms with Crippen LogP contribution in [0.5, 0.6) is 17.2 Å². The average Bonchev–Trinajstić information content (AvgIpc) is 2.51. The highest BCUT2D eigenvalue weighted by Gasteiger charge is 2.23. The van der Waals surface area contributed by atoms with Gasteiger partial charge in [-0.2, -0.15) is 0 Å². The molecule has 7 nitrogen and oxygen atoms in total. The van der Waals surface area contributed by atoms with Crippen molar-refractivity contribution in [2.24, 2.45) is 5.92 Å². The van der Waals surface area contributed by atoms with Gasteiger partial charge >= 0.3 is 5.97 Å². The Hall–Kier alpha value is -2.44. The Morgan fingerprint density at radius 2 is 1.74 bits per heavy atom. The lowest BCUT2D eigenvalue weighted by molar-refractivity contribution is -0.143. The molecule has 1 unspecified atom stereocenters. The summed E-state index contributed by atoms with van der Waals surface area (Å²) in [5.41, 5.74) is 0. The second-order valence-corrected chi connectivity index (χ2v) is 5.22. The molecule has 1 rings (SSSR count). The third kappa shape index (κ3) is 5.36. The Morgan fingerprint density at radius 1 is 1.17 bits per heavy atom. The number of amides is 1. The van der Waals surface area contributed by atoms with Gasteiger partial charge in [-0.1, -0.05) is 19.9 Å². The maximum absolute atomic E-state index is 11.8. The molecule has 0 saturated heterocycles. The van der Waals surface area contributed by atoms with Crippen molar-refractivity contribution >= 4 is 11.9 Å². The number of hydrogen-bond donors (Lipinski definition) is 2. The van der Waals surface area contributed by atoms with Crippen LogP contribution < -0.4 is 19.5 Å². The van der Waals surface area contributed by atoms with Crippen molar-refractivity contribution in [2.45, 2.75) is 26.3 Å². The summed E-state index contributed by atoms with van der Waals surface area (Å²) in [5, 5.41) is 11.5. The largest absolute Gasteiger partial charge is 0.493 e. The number of aliphatic carboxylic acids is 1. The Bertz CT molecular complexity index is 521. The highest BCUT2D eigenvalue weighted by Crippen LogP contribution is 2.36. The number of hydrogen-bond acceptors (Lipinski definition) is 5. The van der Waals surface area contributed by atoms with Crippen LogP contribution in [0.3, 0.4) is 0 Å². The van der Waals surface area contributed by atoms with E-state index in [2.05, 4.69) is 5.32 Å². The van der Waals surface area contributed by atoms with Gasteiger partial charge in [-0.25, -0.2) is 4.79 Å². The Labute approximate surface area is 135 Å². The van der Waals surface area contributed by atoms with E-state index in [0.29, 0.717) is 17.2 Å². The van der Waals surface area contributed by atoms with E-state index >= 15 is 0 Å². The van der Waals surface area contributed by atoms with Crippen LogP contribution in [0, 0.1) is 5.92 Å². The third-order valence-electron chi connectivity index (χ3n) is 3.21. The first-order chi connectivity index (χ1) is 10.9. The minimum atomic E-state index is -1.05. The molecule has 1 amide bonds. The summed E-state index contributed by atoms with van der Waals surface area (Å²) in [4.78, 5) is 22.9. The van der Waals surface area contributed by atoms with Crippen LogP contribution in [0.25, 0.3) is 0 Å².